The monoisotopic (exact) mass is 700 g/mol. The van der Waals surface area contributed by atoms with Crippen molar-refractivity contribution in [1.82, 2.24) is 4.90 Å². The first-order valence-corrected chi connectivity index (χ1v) is 18.0. The number of carbonyl (C=O) groups is 1. The van der Waals surface area contributed by atoms with Crippen molar-refractivity contribution in [3.63, 3.8) is 0 Å². The Bertz CT molecular complexity index is 1300. The highest BCUT2D eigenvalue weighted by atomic mass is 16.6. The number of hydrogen-bond donors (Lipinski definition) is 0. The second kappa shape index (κ2) is 19.6. The Morgan fingerprint density at radius 3 is 2.38 bits per heavy atom. The Morgan fingerprint density at radius 2 is 1.66 bits per heavy atom. The molecule has 50 heavy (non-hydrogen) atoms. The van der Waals surface area contributed by atoms with Gasteiger partial charge in [-0.3, -0.25) is 0 Å². The van der Waals surface area contributed by atoms with E-state index in [0.717, 1.165) is 54.1 Å². The van der Waals surface area contributed by atoms with Gasteiger partial charge in [-0.25, -0.2) is 4.79 Å². The predicted molar refractivity (Wildman–Crippen MR) is 193 cm³/mol. The van der Waals surface area contributed by atoms with Crippen LogP contribution in [-0.2, 0) is 52.0 Å². The Balaban J connectivity index is 1.60. The number of ether oxygens (including phenoxy) is 8. The summed E-state index contributed by atoms with van der Waals surface area (Å²) in [4.78, 5) is 17.5. The second-order valence-corrected chi connectivity index (χ2v) is 14.3. The molecule has 2 aliphatic rings. The molecular weight excluding hydrogens is 640 g/mol. The number of rotatable bonds is 19. The van der Waals surface area contributed by atoms with E-state index in [-0.39, 0.29) is 6.09 Å². The number of benzene rings is 2. The molecule has 0 spiro atoms. The molecule has 1 saturated heterocycles. The fourth-order valence-corrected chi connectivity index (χ4v) is 6.45. The van der Waals surface area contributed by atoms with Crippen molar-refractivity contribution in [2.45, 2.75) is 77.5 Å². The van der Waals surface area contributed by atoms with Gasteiger partial charge in [0.1, 0.15) is 29.7 Å². The molecule has 1 amide bonds. The topological polar surface area (TPSA) is 97.4 Å². The summed E-state index contributed by atoms with van der Waals surface area (Å²) in [6.07, 6.45) is 1.37. The smallest absolute Gasteiger partial charge is 0.410 e. The lowest BCUT2D eigenvalue weighted by molar-refractivity contribution is -0.186. The summed E-state index contributed by atoms with van der Waals surface area (Å²) in [5.41, 5.74) is 2.74. The number of methoxy groups -OCH3 is 3. The highest BCUT2D eigenvalue weighted by molar-refractivity contribution is 5.68. The molecule has 0 bridgehead atoms. The van der Waals surface area contributed by atoms with E-state index >= 15 is 0 Å². The minimum Gasteiger partial charge on any atom is -0.490 e. The van der Waals surface area contributed by atoms with Gasteiger partial charge in [0.2, 0.25) is 0 Å². The number of anilines is 1. The van der Waals surface area contributed by atoms with Crippen molar-refractivity contribution in [3.05, 3.63) is 59.2 Å². The molecular formula is C39H60N2O9. The van der Waals surface area contributed by atoms with Gasteiger partial charge in [-0.05, 0) is 62.4 Å². The van der Waals surface area contributed by atoms with Crippen LogP contribution in [0.15, 0.2) is 42.5 Å². The number of hydrogen-bond acceptors (Lipinski definition) is 10. The quantitative estimate of drug-likeness (QED) is 0.158. The largest absolute Gasteiger partial charge is 0.490 e. The van der Waals surface area contributed by atoms with E-state index in [2.05, 4.69) is 48.2 Å². The molecule has 11 heteroatoms. The van der Waals surface area contributed by atoms with Gasteiger partial charge >= 0.3 is 6.09 Å². The Morgan fingerprint density at radius 1 is 0.920 bits per heavy atom. The predicted octanol–water partition coefficient (Wildman–Crippen LogP) is 6.20. The number of fused-ring (bicyclic) bond motifs is 1. The Kier molecular flexibility index (Phi) is 15.6. The van der Waals surface area contributed by atoms with E-state index in [9.17, 15) is 4.79 Å². The van der Waals surface area contributed by atoms with Crippen LogP contribution in [0, 0.1) is 5.92 Å². The van der Waals surface area contributed by atoms with Gasteiger partial charge in [0.25, 0.3) is 0 Å². The van der Waals surface area contributed by atoms with Crippen molar-refractivity contribution in [3.8, 4) is 5.75 Å². The van der Waals surface area contributed by atoms with Crippen LogP contribution in [0.25, 0.3) is 0 Å². The molecule has 0 N–H and O–H groups in total. The summed E-state index contributed by atoms with van der Waals surface area (Å²) < 4.78 is 47.4. The molecule has 0 aliphatic carbocycles. The van der Waals surface area contributed by atoms with Gasteiger partial charge in [0.05, 0.1) is 51.8 Å². The number of amides is 1. The third kappa shape index (κ3) is 11.5. The number of nitrogens with zero attached hydrogens (tertiary/aromatic N) is 2. The number of piperidine rings is 1. The molecule has 2 aliphatic heterocycles. The molecule has 1 fully saturated rings. The van der Waals surface area contributed by atoms with Crippen molar-refractivity contribution in [1.29, 1.82) is 0 Å². The minimum atomic E-state index is -0.803. The van der Waals surface area contributed by atoms with Crippen molar-refractivity contribution >= 4 is 11.8 Å². The molecule has 2 heterocycles. The summed E-state index contributed by atoms with van der Waals surface area (Å²) in [6, 6.07) is 14.6. The molecule has 2 aromatic carbocycles. The summed E-state index contributed by atoms with van der Waals surface area (Å²) in [7, 11) is 5.13. The summed E-state index contributed by atoms with van der Waals surface area (Å²) in [5, 5.41) is 0. The van der Waals surface area contributed by atoms with Crippen LogP contribution in [0.1, 0.15) is 63.6 Å². The second-order valence-electron chi connectivity index (χ2n) is 14.3. The van der Waals surface area contributed by atoms with Crippen LogP contribution in [0.3, 0.4) is 0 Å². The average Bonchev–Trinajstić information content (AvgIpc) is 3.09. The molecule has 4 rings (SSSR count). The molecule has 0 radical (unpaired) electrons. The van der Waals surface area contributed by atoms with Crippen LogP contribution in [0.2, 0.25) is 0 Å². The molecule has 3 atom stereocenters. The molecule has 0 saturated carbocycles. The maximum atomic E-state index is 13.4. The summed E-state index contributed by atoms with van der Waals surface area (Å²) in [5.74, 6) is 1.19. The van der Waals surface area contributed by atoms with Crippen LogP contribution >= 0.6 is 0 Å². The maximum Gasteiger partial charge on any atom is 0.410 e. The first-order valence-electron chi connectivity index (χ1n) is 18.0. The normalized spacial score (nSPS) is 19.9. The van der Waals surface area contributed by atoms with E-state index in [4.69, 9.17) is 37.9 Å². The Hall–Kier alpha value is -2.93. The molecule has 1 unspecified atom stereocenters. The lowest BCUT2D eigenvalue weighted by atomic mass is 9.81. The highest BCUT2D eigenvalue weighted by Crippen LogP contribution is 2.41. The average molecular weight is 701 g/mol. The van der Waals surface area contributed by atoms with Crippen LogP contribution in [0.4, 0.5) is 10.5 Å². The standard InChI is InChI=1S/C39H60N2O9/c1-30(26-45-7)27-46-28-31-10-13-33(14-11-31)39(49-22-9-21-44-6)16-18-41(37(42)50-38(2,3)4)25-36(39)48-29-32-12-15-35-34(24-32)40(19-23-47-35)17-8-20-43-5/h10-15,24,30,36H,8-9,16-23,25-29H2,1-7H3/t30?,36-,39-/m0/s1. The lowest BCUT2D eigenvalue weighted by Crippen LogP contribution is -2.57. The van der Waals surface area contributed by atoms with E-state index in [1.807, 2.05) is 26.8 Å². The SMILES string of the molecule is COCCCO[C@]1(c2ccc(COCC(C)COC)cc2)CCN(C(=O)OC(C)(C)C)C[C@@H]1OCc1ccc2c(c1)N(CCCOC)CCO2. The zero-order valence-corrected chi connectivity index (χ0v) is 31.4. The third-order valence-electron chi connectivity index (χ3n) is 8.94. The van der Waals surface area contributed by atoms with Crippen molar-refractivity contribution in [2.75, 3.05) is 92.0 Å². The first-order chi connectivity index (χ1) is 24.1. The first kappa shape index (κ1) is 39.8. The van der Waals surface area contributed by atoms with Crippen LogP contribution in [-0.4, -0.2) is 110 Å². The van der Waals surface area contributed by atoms with Crippen molar-refractivity contribution < 1.29 is 42.7 Å². The molecule has 280 valence electrons. The fraction of sp³-hybridized carbons (Fsp3) is 0.667. The molecule has 2 aromatic rings. The van der Waals surface area contributed by atoms with Gasteiger partial charge in [-0.15, -0.1) is 0 Å². The van der Waals surface area contributed by atoms with E-state index < -0.39 is 17.3 Å². The fourth-order valence-electron chi connectivity index (χ4n) is 6.45. The van der Waals surface area contributed by atoms with Crippen LogP contribution in [0.5, 0.6) is 5.75 Å². The molecule has 0 aromatic heterocycles. The van der Waals surface area contributed by atoms with Gasteiger partial charge < -0.3 is 47.7 Å². The zero-order valence-electron chi connectivity index (χ0n) is 31.4. The third-order valence-corrected chi connectivity index (χ3v) is 8.94. The van der Waals surface area contributed by atoms with Gasteiger partial charge in [-0.1, -0.05) is 37.3 Å². The van der Waals surface area contributed by atoms with E-state index in [0.29, 0.717) is 78.3 Å². The minimum absolute atomic E-state index is 0.317. The lowest BCUT2D eigenvalue weighted by Gasteiger charge is -2.47. The van der Waals surface area contributed by atoms with Gasteiger partial charge in [0, 0.05) is 60.0 Å². The van der Waals surface area contributed by atoms with E-state index in [1.54, 1.807) is 26.2 Å². The molecule has 11 nitrogen and oxygen atoms in total. The van der Waals surface area contributed by atoms with Crippen LogP contribution < -0.4 is 9.64 Å². The van der Waals surface area contributed by atoms with Gasteiger partial charge in [0.15, 0.2) is 0 Å². The zero-order chi connectivity index (χ0) is 36.0. The number of likely N-dealkylation sites (tertiary alicyclic amines) is 1. The summed E-state index contributed by atoms with van der Waals surface area (Å²) >= 11 is 0. The summed E-state index contributed by atoms with van der Waals surface area (Å²) in [6.45, 7) is 14.8. The number of carbonyl (C=O) groups excluding carboxylic acids is 1. The Labute approximate surface area is 299 Å². The van der Waals surface area contributed by atoms with Gasteiger partial charge in [-0.2, -0.15) is 0 Å². The van der Waals surface area contributed by atoms with E-state index in [1.165, 1.54) is 0 Å². The van der Waals surface area contributed by atoms with Crippen molar-refractivity contribution in [2.24, 2.45) is 5.92 Å². The maximum absolute atomic E-state index is 13.4. The highest BCUT2D eigenvalue weighted by Gasteiger charge is 2.48.